The lowest BCUT2D eigenvalue weighted by molar-refractivity contribution is 0.438. The van der Waals surface area contributed by atoms with Crippen molar-refractivity contribution in [1.29, 1.82) is 0 Å². The number of aryl methyl sites for hydroxylation is 3. The second kappa shape index (κ2) is 9.02. The standard InChI is InChI=1S/C24H34NOP/c1-8-13-24(9-2,21-15-16(3)14-18(5)22(21)26)27-23-17(4)11-10-12-20(23)19(6)25-7/h10-12,14-15,26-27H,8-9,13H2,1-7H3/b25-19+. The molecular weight excluding hydrogens is 349 g/mol. The Bertz CT molecular complexity index is 841. The Morgan fingerprint density at radius 1 is 1.11 bits per heavy atom. The van der Waals surface area contributed by atoms with Crippen LogP contribution in [0.25, 0.3) is 0 Å². The van der Waals surface area contributed by atoms with Gasteiger partial charge in [-0.2, -0.15) is 0 Å². The van der Waals surface area contributed by atoms with Crippen LogP contribution in [0.15, 0.2) is 35.3 Å². The average molecular weight is 384 g/mol. The minimum Gasteiger partial charge on any atom is -0.507 e. The first-order chi connectivity index (χ1) is 12.8. The molecular formula is C24H34NOP. The van der Waals surface area contributed by atoms with Crippen LogP contribution in [0.2, 0.25) is 0 Å². The molecule has 0 saturated carbocycles. The van der Waals surface area contributed by atoms with Gasteiger partial charge in [0.2, 0.25) is 0 Å². The van der Waals surface area contributed by atoms with E-state index in [9.17, 15) is 5.11 Å². The number of aliphatic imine (C=N–C) groups is 1. The summed E-state index contributed by atoms with van der Waals surface area (Å²) in [6.45, 7) is 12.9. The first kappa shape index (κ1) is 21.6. The van der Waals surface area contributed by atoms with Crippen LogP contribution >= 0.6 is 8.58 Å². The third-order valence-electron chi connectivity index (χ3n) is 5.60. The van der Waals surface area contributed by atoms with Crippen molar-refractivity contribution < 1.29 is 5.11 Å². The fourth-order valence-electron chi connectivity index (χ4n) is 3.97. The molecule has 2 aromatic rings. The largest absolute Gasteiger partial charge is 0.507 e. The summed E-state index contributed by atoms with van der Waals surface area (Å²) in [7, 11) is 2.45. The van der Waals surface area contributed by atoms with Crippen LogP contribution in [0.1, 0.15) is 67.9 Å². The van der Waals surface area contributed by atoms with Gasteiger partial charge < -0.3 is 5.11 Å². The highest BCUT2D eigenvalue weighted by Crippen LogP contribution is 2.52. The van der Waals surface area contributed by atoms with Gasteiger partial charge in [0.25, 0.3) is 0 Å². The number of phenols is 1. The number of rotatable bonds is 7. The van der Waals surface area contributed by atoms with Crippen molar-refractivity contribution in [3.8, 4) is 5.75 Å². The van der Waals surface area contributed by atoms with Gasteiger partial charge >= 0.3 is 0 Å². The van der Waals surface area contributed by atoms with Gasteiger partial charge in [-0.3, -0.25) is 4.99 Å². The predicted molar refractivity (Wildman–Crippen MR) is 122 cm³/mol. The summed E-state index contributed by atoms with van der Waals surface area (Å²) in [6, 6.07) is 10.8. The molecule has 0 bridgehead atoms. The molecule has 0 fully saturated rings. The fraction of sp³-hybridized carbons (Fsp3) is 0.458. The molecule has 27 heavy (non-hydrogen) atoms. The van der Waals surface area contributed by atoms with Crippen LogP contribution in [0.3, 0.4) is 0 Å². The van der Waals surface area contributed by atoms with E-state index in [1.165, 1.54) is 22.0 Å². The summed E-state index contributed by atoms with van der Waals surface area (Å²) in [4.78, 5) is 4.45. The maximum atomic E-state index is 11.0. The van der Waals surface area contributed by atoms with E-state index < -0.39 is 0 Å². The molecule has 0 aromatic heterocycles. The van der Waals surface area contributed by atoms with Crippen molar-refractivity contribution in [2.45, 2.75) is 66.0 Å². The van der Waals surface area contributed by atoms with Gasteiger partial charge in [0.05, 0.1) is 0 Å². The van der Waals surface area contributed by atoms with Gasteiger partial charge in [-0.15, -0.1) is 0 Å². The molecule has 2 rings (SSSR count). The van der Waals surface area contributed by atoms with Crippen molar-refractivity contribution in [1.82, 2.24) is 0 Å². The smallest absolute Gasteiger partial charge is 0.122 e. The summed E-state index contributed by atoms with van der Waals surface area (Å²) in [5.74, 6) is 0.472. The quantitative estimate of drug-likeness (QED) is 0.450. The topological polar surface area (TPSA) is 32.6 Å². The molecule has 0 spiro atoms. The van der Waals surface area contributed by atoms with Crippen LogP contribution in [0.4, 0.5) is 0 Å². The van der Waals surface area contributed by atoms with Crippen LogP contribution < -0.4 is 5.30 Å². The summed E-state index contributed by atoms with van der Waals surface area (Å²) >= 11 is 0. The lowest BCUT2D eigenvalue weighted by Gasteiger charge is -2.36. The second-order valence-corrected chi connectivity index (χ2v) is 9.30. The zero-order chi connectivity index (χ0) is 20.2. The molecule has 2 aromatic carbocycles. The van der Waals surface area contributed by atoms with Crippen LogP contribution in [0.5, 0.6) is 5.75 Å². The summed E-state index contributed by atoms with van der Waals surface area (Å²) in [6.07, 6.45) is 3.16. The Kier molecular flexibility index (Phi) is 7.23. The molecule has 0 amide bonds. The zero-order valence-corrected chi connectivity index (χ0v) is 18.9. The molecule has 2 unspecified atom stereocenters. The van der Waals surface area contributed by atoms with Gasteiger partial charge in [-0.25, -0.2) is 0 Å². The van der Waals surface area contributed by atoms with E-state index in [2.05, 4.69) is 69.9 Å². The Morgan fingerprint density at radius 2 is 1.81 bits per heavy atom. The van der Waals surface area contributed by atoms with E-state index in [4.69, 9.17) is 0 Å². The summed E-state index contributed by atoms with van der Waals surface area (Å²) in [5, 5.41) is 12.3. The Hall–Kier alpha value is -1.66. The Balaban J connectivity index is 2.71. The number of nitrogens with zero attached hydrogens (tertiary/aromatic N) is 1. The third-order valence-corrected chi connectivity index (χ3v) is 7.87. The van der Waals surface area contributed by atoms with E-state index in [0.29, 0.717) is 14.3 Å². The zero-order valence-electron chi connectivity index (χ0n) is 17.9. The minimum atomic E-state index is -0.0511. The van der Waals surface area contributed by atoms with Crippen molar-refractivity contribution in [2.24, 2.45) is 4.99 Å². The SMILES string of the molecule is CCCC(CC)(Pc1c(C)cccc1/C(C)=N/C)c1cc(C)cc(C)c1O. The van der Waals surface area contributed by atoms with Gasteiger partial charge in [0.1, 0.15) is 5.75 Å². The molecule has 0 radical (unpaired) electrons. The molecule has 2 nitrogen and oxygen atoms in total. The fourth-order valence-corrected chi connectivity index (χ4v) is 6.00. The highest BCUT2D eigenvalue weighted by molar-refractivity contribution is 7.49. The molecule has 0 aliphatic rings. The molecule has 146 valence electrons. The van der Waals surface area contributed by atoms with Crippen molar-refractivity contribution >= 4 is 19.6 Å². The van der Waals surface area contributed by atoms with Crippen molar-refractivity contribution in [2.75, 3.05) is 7.05 Å². The van der Waals surface area contributed by atoms with E-state index in [1.807, 2.05) is 14.0 Å². The summed E-state index contributed by atoms with van der Waals surface area (Å²) in [5.41, 5.74) is 6.94. The molecule has 0 heterocycles. The van der Waals surface area contributed by atoms with Gasteiger partial charge in [0, 0.05) is 29.0 Å². The van der Waals surface area contributed by atoms with E-state index in [1.54, 1.807) is 0 Å². The Labute approximate surface area is 166 Å². The van der Waals surface area contributed by atoms with E-state index in [0.717, 1.165) is 36.1 Å². The van der Waals surface area contributed by atoms with Gasteiger partial charge in [0.15, 0.2) is 0 Å². The van der Waals surface area contributed by atoms with Crippen LogP contribution in [-0.4, -0.2) is 17.9 Å². The highest BCUT2D eigenvalue weighted by atomic mass is 31.1. The number of phenolic OH excluding ortho intramolecular Hbond substituents is 1. The first-order valence-corrected chi connectivity index (χ1v) is 10.9. The predicted octanol–water partition coefficient (Wildman–Crippen LogP) is 6.17. The lowest BCUT2D eigenvalue weighted by Crippen LogP contribution is -2.26. The third kappa shape index (κ3) is 4.43. The number of aromatic hydroxyl groups is 1. The molecule has 0 aliphatic carbocycles. The van der Waals surface area contributed by atoms with Crippen molar-refractivity contribution in [3.05, 3.63) is 58.1 Å². The van der Waals surface area contributed by atoms with Gasteiger partial charge in [-0.05, 0) is 57.0 Å². The monoisotopic (exact) mass is 383 g/mol. The molecule has 0 saturated heterocycles. The van der Waals surface area contributed by atoms with E-state index >= 15 is 0 Å². The molecule has 2 atom stereocenters. The Morgan fingerprint density at radius 3 is 2.41 bits per heavy atom. The van der Waals surface area contributed by atoms with Crippen LogP contribution in [-0.2, 0) is 5.16 Å². The van der Waals surface area contributed by atoms with Gasteiger partial charge in [-0.1, -0.05) is 64.7 Å². The molecule has 1 N–H and O–H groups in total. The normalized spacial score (nSPS) is 14.7. The van der Waals surface area contributed by atoms with E-state index in [-0.39, 0.29) is 5.16 Å². The average Bonchev–Trinajstić information content (AvgIpc) is 2.65. The lowest BCUT2D eigenvalue weighted by atomic mass is 9.88. The second-order valence-electron chi connectivity index (χ2n) is 7.60. The maximum absolute atomic E-state index is 11.0. The minimum absolute atomic E-state index is 0.0511. The maximum Gasteiger partial charge on any atom is 0.122 e. The molecule has 0 aliphatic heterocycles. The number of benzene rings is 2. The first-order valence-electron chi connectivity index (χ1n) is 9.91. The van der Waals surface area contributed by atoms with Crippen LogP contribution in [0, 0.1) is 20.8 Å². The highest BCUT2D eigenvalue weighted by Gasteiger charge is 2.34. The summed E-state index contributed by atoms with van der Waals surface area (Å²) < 4.78 is 0. The number of hydrogen-bond donors (Lipinski definition) is 1. The number of hydrogen-bond acceptors (Lipinski definition) is 2. The molecule has 3 heteroatoms. The van der Waals surface area contributed by atoms with Crippen molar-refractivity contribution in [3.63, 3.8) is 0 Å².